The molecule has 0 bridgehead atoms. The minimum absolute atomic E-state index is 0.00106. The molecule has 0 aliphatic carbocycles. The number of aromatic nitrogens is 4. The zero-order valence-electron chi connectivity index (χ0n) is 15.8. The van der Waals surface area contributed by atoms with E-state index in [9.17, 15) is 9.59 Å². The van der Waals surface area contributed by atoms with Crippen LogP contribution in [-0.2, 0) is 24.4 Å². The van der Waals surface area contributed by atoms with Gasteiger partial charge in [-0.05, 0) is 33.8 Å². The summed E-state index contributed by atoms with van der Waals surface area (Å²) in [6.45, 7) is 10.2. The molecule has 2 aromatic rings. The molecule has 0 spiro atoms. The van der Waals surface area contributed by atoms with Gasteiger partial charge in [0, 0.05) is 25.2 Å². The van der Waals surface area contributed by atoms with Gasteiger partial charge in [0.15, 0.2) is 5.78 Å². The van der Waals surface area contributed by atoms with Gasteiger partial charge in [-0.15, -0.1) is 0 Å². The van der Waals surface area contributed by atoms with E-state index < -0.39 is 0 Å². The maximum Gasteiger partial charge on any atom is 0.222 e. The maximum absolute atomic E-state index is 12.3. The summed E-state index contributed by atoms with van der Waals surface area (Å²) in [6.07, 6.45) is 0.300. The highest BCUT2D eigenvalue weighted by molar-refractivity contribution is 5.96. The van der Waals surface area contributed by atoms with Crippen molar-refractivity contribution < 1.29 is 9.59 Å². The predicted octanol–water partition coefficient (Wildman–Crippen LogP) is 1.27. The van der Waals surface area contributed by atoms with Crippen LogP contribution in [0.25, 0.3) is 0 Å². The van der Waals surface area contributed by atoms with Crippen molar-refractivity contribution in [3.63, 3.8) is 0 Å². The van der Waals surface area contributed by atoms with Crippen molar-refractivity contribution in [2.45, 2.75) is 59.8 Å². The number of rotatable bonds is 6. The lowest BCUT2D eigenvalue weighted by Gasteiger charge is -2.14. The number of carbonyl (C=O) groups is 2. The van der Waals surface area contributed by atoms with Crippen LogP contribution in [0.3, 0.4) is 0 Å². The Hall–Kier alpha value is -2.48. The number of Topliss-reactive ketones (excluding diaryl/α,β-unsaturated/α-hetero) is 1. The zero-order valence-corrected chi connectivity index (χ0v) is 15.8. The highest BCUT2D eigenvalue weighted by atomic mass is 16.1. The molecule has 1 amide bonds. The molecule has 1 atom stereocenters. The molecular weight excluding hydrogens is 332 g/mol. The molecule has 3 heterocycles. The molecule has 1 aliphatic heterocycles. The second-order valence-electron chi connectivity index (χ2n) is 6.90. The second-order valence-corrected chi connectivity index (χ2v) is 6.90. The SMILES string of the molecule is CC(=O)c1c(C)nn([C@H](C)CC(=O)NCc2cc3n(n2)CCNC3)c1C. The number of carbonyl (C=O) groups excluding carboxylic acids is 2. The molecule has 3 rings (SSSR count). The molecule has 0 saturated heterocycles. The Morgan fingerprint density at radius 2 is 2.12 bits per heavy atom. The van der Waals surface area contributed by atoms with Crippen molar-refractivity contribution in [1.29, 1.82) is 0 Å². The van der Waals surface area contributed by atoms with E-state index >= 15 is 0 Å². The summed E-state index contributed by atoms with van der Waals surface area (Å²) in [7, 11) is 0. The van der Waals surface area contributed by atoms with Gasteiger partial charge >= 0.3 is 0 Å². The zero-order chi connectivity index (χ0) is 18.8. The first-order valence-electron chi connectivity index (χ1n) is 8.96. The van der Waals surface area contributed by atoms with E-state index in [1.54, 1.807) is 11.6 Å². The van der Waals surface area contributed by atoms with Gasteiger partial charge in [0.2, 0.25) is 5.91 Å². The summed E-state index contributed by atoms with van der Waals surface area (Å²) in [5.41, 5.74) is 4.18. The number of ketones is 1. The Kier molecular flexibility index (Phi) is 5.22. The summed E-state index contributed by atoms with van der Waals surface area (Å²) in [4.78, 5) is 24.1. The smallest absolute Gasteiger partial charge is 0.222 e. The van der Waals surface area contributed by atoms with Gasteiger partial charge in [0.25, 0.3) is 0 Å². The Morgan fingerprint density at radius 3 is 2.77 bits per heavy atom. The van der Waals surface area contributed by atoms with Gasteiger partial charge in [-0.3, -0.25) is 19.0 Å². The highest BCUT2D eigenvalue weighted by Crippen LogP contribution is 2.20. The monoisotopic (exact) mass is 358 g/mol. The first-order valence-corrected chi connectivity index (χ1v) is 8.96. The highest BCUT2D eigenvalue weighted by Gasteiger charge is 2.20. The van der Waals surface area contributed by atoms with E-state index in [1.807, 2.05) is 31.5 Å². The molecule has 8 nitrogen and oxygen atoms in total. The largest absolute Gasteiger partial charge is 0.350 e. The van der Waals surface area contributed by atoms with Gasteiger partial charge in [-0.25, -0.2) is 0 Å². The van der Waals surface area contributed by atoms with Gasteiger partial charge in [0.05, 0.1) is 41.8 Å². The summed E-state index contributed by atoms with van der Waals surface area (Å²) >= 11 is 0. The third kappa shape index (κ3) is 3.70. The van der Waals surface area contributed by atoms with Gasteiger partial charge < -0.3 is 10.6 Å². The van der Waals surface area contributed by atoms with Crippen LogP contribution < -0.4 is 10.6 Å². The molecule has 0 aromatic carbocycles. The normalized spacial score (nSPS) is 14.8. The third-order valence-corrected chi connectivity index (χ3v) is 4.76. The van der Waals surface area contributed by atoms with Crippen LogP contribution in [0, 0.1) is 13.8 Å². The van der Waals surface area contributed by atoms with Crippen LogP contribution in [0.5, 0.6) is 0 Å². The van der Waals surface area contributed by atoms with Gasteiger partial charge in [0.1, 0.15) is 0 Å². The van der Waals surface area contributed by atoms with E-state index in [0.717, 1.165) is 36.7 Å². The summed E-state index contributed by atoms with van der Waals surface area (Å²) < 4.78 is 3.76. The van der Waals surface area contributed by atoms with E-state index in [0.29, 0.717) is 24.2 Å². The summed E-state index contributed by atoms with van der Waals surface area (Å²) in [5, 5.41) is 15.2. The maximum atomic E-state index is 12.3. The molecule has 1 aliphatic rings. The van der Waals surface area contributed by atoms with E-state index in [4.69, 9.17) is 0 Å². The lowest BCUT2D eigenvalue weighted by Crippen LogP contribution is -2.28. The minimum Gasteiger partial charge on any atom is -0.350 e. The van der Waals surface area contributed by atoms with Crippen LogP contribution in [0.2, 0.25) is 0 Å². The van der Waals surface area contributed by atoms with Gasteiger partial charge in [-0.2, -0.15) is 10.2 Å². The Morgan fingerprint density at radius 1 is 1.35 bits per heavy atom. The Bertz CT molecular complexity index is 812. The van der Waals surface area contributed by atoms with Crippen LogP contribution >= 0.6 is 0 Å². The average Bonchev–Trinajstić information content (AvgIpc) is 3.13. The topological polar surface area (TPSA) is 93.8 Å². The van der Waals surface area contributed by atoms with Crippen LogP contribution in [-0.4, -0.2) is 37.8 Å². The number of fused-ring (bicyclic) bond motifs is 1. The van der Waals surface area contributed by atoms with Crippen molar-refractivity contribution in [2.75, 3.05) is 6.54 Å². The number of nitrogens with one attached hydrogen (secondary N) is 2. The lowest BCUT2D eigenvalue weighted by atomic mass is 10.1. The molecule has 2 aromatic heterocycles. The fourth-order valence-electron chi connectivity index (χ4n) is 3.56. The van der Waals surface area contributed by atoms with Crippen LogP contribution in [0.15, 0.2) is 6.07 Å². The Labute approximate surface area is 152 Å². The molecular formula is C18H26N6O2. The Balaban J connectivity index is 1.59. The van der Waals surface area contributed by atoms with Gasteiger partial charge in [-0.1, -0.05) is 0 Å². The molecule has 0 unspecified atom stereocenters. The average molecular weight is 358 g/mol. The van der Waals surface area contributed by atoms with E-state index in [-0.39, 0.29) is 17.7 Å². The molecule has 26 heavy (non-hydrogen) atoms. The number of aryl methyl sites for hydroxylation is 1. The molecule has 2 N–H and O–H groups in total. The fourth-order valence-corrected chi connectivity index (χ4v) is 3.56. The molecule has 140 valence electrons. The number of amides is 1. The number of nitrogens with zero attached hydrogens (tertiary/aromatic N) is 4. The predicted molar refractivity (Wildman–Crippen MR) is 96.8 cm³/mol. The molecule has 8 heteroatoms. The van der Waals surface area contributed by atoms with Crippen LogP contribution in [0.4, 0.5) is 0 Å². The number of hydrogen-bond acceptors (Lipinski definition) is 5. The van der Waals surface area contributed by atoms with Crippen molar-refractivity contribution in [2.24, 2.45) is 0 Å². The minimum atomic E-state index is -0.124. The standard InChI is InChI=1S/C18H26N6O2/c1-11(24-13(3)18(14(4)25)12(2)21-24)7-17(26)20-9-15-8-16-10-19-5-6-23(16)22-15/h8,11,19H,5-7,9-10H2,1-4H3,(H,20,26)/t11-/m1/s1. The first-order chi connectivity index (χ1) is 12.4. The third-order valence-electron chi connectivity index (χ3n) is 4.76. The lowest BCUT2D eigenvalue weighted by molar-refractivity contribution is -0.122. The number of hydrogen-bond donors (Lipinski definition) is 2. The quantitative estimate of drug-likeness (QED) is 0.759. The molecule has 0 saturated carbocycles. The van der Waals surface area contributed by atoms with Crippen molar-refractivity contribution in [1.82, 2.24) is 30.2 Å². The van der Waals surface area contributed by atoms with Crippen molar-refractivity contribution in [3.8, 4) is 0 Å². The van der Waals surface area contributed by atoms with Crippen LogP contribution in [0.1, 0.15) is 59.4 Å². The summed E-state index contributed by atoms with van der Waals surface area (Å²) in [5.74, 6) is -0.0559. The second kappa shape index (κ2) is 7.41. The van der Waals surface area contributed by atoms with E-state index in [1.165, 1.54) is 0 Å². The van der Waals surface area contributed by atoms with E-state index in [2.05, 4.69) is 20.8 Å². The fraction of sp³-hybridized carbons (Fsp3) is 0.556. The van der Waals surface area contributed by atoms with Crippen molar-refractivity contribution in [3.05, 3.63) is 34.4 Å². The molecule has 0 radical (unpaired) electrons. The van der Waals surface area contributed by atoms with Crippen molar-refractivity contribution >= 4 is 11.7 Å². The summed E-state index contributed by atoms with van der Waals surface area (Å²) in [6, 6.07) is 1.90. The first kappa shape index (κ1) is 18.3. The molecule has 0 fully saturated rings.